The monoisotopic (exact) mass is 770 g/mol. The summed E-state index contributed by atoms with van der Waals surface area (Å²) in [5.74, 6) is 0.453. The average molecular weight is 771 g/mol. The zero-order valence-corrected chi connectivity index (χ0v) is 35.5. The van der Waals surface area contributed by atoms with Crippen LogP contribution in [0.15, 0.2) is 66.7 Å². The molecule has 5 rings (SSSR count). The highest BCUT2D eigenvalue weighted by Gasteiger charge is 2.23. The normalized spacial score (nSPS) is 12.4. The van der Waals surface area contributed by atoms with Crippen LogP contribution in [0.3, 0.4) is 0 Å². The first-order valence-electron chi connectivity index (χ1n) is 18.9. The van der Waals surface area contributed by atoms with Gasteiger partial charge in [0.2, 0.25) is 0 Å². The highest BCUT2D eigenvalue weighted by molar-refractivity contribution is 6.76. The fourth-order valence-electron chi connectivity index (χ4n) is 5.79. The quantitative estimate of drug-likeness (QED) is 0.0715. The number of alkyl carbamates (subject to hydrolysis) is 1. The van der Waals surface area contributed by atoms with Gasteiger partial charge in [-0.25, -0.2) is 14.5 Å². The van der Waals surface area contributed by atoms with Crippen LogP contribution in [0.2, 0.25) is 51.4 Å². The van der Waals surface area contributed by atoms with Crippen molar-refractivity contribution >= 4 is 50.1 Å². The zero-order valence-electron chi connectivity index (χ0n) is 33.5. The van der Waals surface area contributed by atoms with E-state index in [9.17, 15) is 9.59 Å². The number of aromatic nitrogens is 4. The number of nitrogens with zero attached hydrogens (tertiary/aromatic N) is 4. The number of ether oxygens (including phenoxy) is 3. The van der Waals surface area contributed by atoms with Gasteiger partial charge in [0, 0.05) is 53.4 Å². The second-order valence-electron chi connectivity index (χ2n) is 17.2. The summed E-state index contributed by atoms with van der Waals surface area (Å²) in [6.07, 6.45) is 0.0785. The summed E-state index contributed by atoms with van der Waals surface area (Å²) in [7, 11) is -2.59. The molecule has 5 aromatic rings. The van der Waals surface area contributed by atoms with Gasteiger partial charge in [-0.2, -0.15) is 5.10 Å². The molecule has 0 radical (unpaired) electrons. The lowest BCUT2D eigenvalue weighted by atomic mass is 10.1. The van der Waals surface area contributed by atoms with Gasteiger partial charge in [-0.1, -0.05) is 75.7 Å². The number of carbonyl (C=O) groups excluding carboxylic acids is 2. The molecule has 13 heteroatoms. The molecule has 2 heterocycles. The number of carbonyl (C=O) groups is 2. The number of benzene rings is 3. The highest BCUT2D eigenvalue weighted by atomic mass is 28.3. The van der Waals surface area contributed by atoms with Crippen molar-refractivity contribution in [1.82, 2.24) is 30.0 Å². The van der Waals surface area contributed by atoms with E-state index >= 15 is 0 Å². The molecule has 290 valence electrons. The van der Waals surface area contributed by atoms with Gasteiger partial charge in [0.1, 0.15) is 24.8 Å². The predicted molar refractivity (Wildman–Crippen MR) is 223 cm³/mol. The second-order valence-corrected chi connectivity index (χ2v) is 28.5. The van der Waals surface area contributed by atoms with Crippen LogP contribution >= 0.6 is 0 Å². The van der Waals surface area contributed by atoms with Gasteiger partial charge in [-0.3, -0.25) is 9.36 Å². The minimum Gasteiger partial charge on any atom is -0.444 e. The Morgan fingerprint density at radius 1 is 0.759 bits per heavy atom. The van der Waals surface area contributed by atoms with Gasteiger partial charge < -0.3 is 24.8 Å². The topological polar surface area (TPSA) is 122 Å². The van der Waals surface area contributed by atoms with E-state index in [-0.39, 0.29) is 12.6 Å². The molecule has 0 fully saturated rings. The van der Waals surface area contributed by atoms with Crippen molar-refractivity contribution in [3.8, 4) is 22.6 Å². The summed E-state index contributed by atoms with van der Waals surface area (Å²) >= 11 is 0. The van der Waals surface area contributed by atoms with E-state index in [0.717, 1.165) is 45.2 Å². The Balaban J connectivity index is 1.48. The summed E-state index contributed by atoms with van der Waals surface area (Å²) in [6.45, 7) is 22.2. The SMILES string of the molecule is CC(C)(C)OC(=O)NCCCNC(=O)c1ccc2c(c1)c(-c1nc3ccc(-c4ccccc4)cc3n1COCC[Si](C)(C)C)nn2COCC[Si](C)(C)C. The second kappa shape index (κ2) is 17.4. The Labute approximate surface area is 321 Å². The fraction of sp³-hybridized carbons (Fsp3) is 0.463. The van der Waals surface area contributed by atoms with Crippen molar-refractivity contribution in [3.05, 3.63) is 72.3 Å². The Morgan fingerprint density at radius 2 is 1.43 bits per heavy atom. The van der Waals surface area contributed by atoms with E-state index in [1.165, 1.54) is 0 Å². The largest absolute Gasteiger partial charge is 0.444 e. The minimum absolute atomic E-state index is 0.213. The van der Waals surface area contributed by atoms with Gasteiger partial charge in [0.25, 0.3) is 5.91 Å². The molecule has 2 N–H and O–H groups in total. The molecular weight excluding hydrogens is 713 g/mol. The third kappa shape index (κ3) is 11.6. The van der Waals surface area contributed by atoms with Crippen molar-refractivity contribution in [2.24, 2.45) is 0 Å². The molecular formula is C41H58N6O5Si2. The molecule has 3 aromatic carbocycles. The lowest BCUT2D eigenvalue weighted by Gasteiger charge is -2.19. The molecule has 2 aromatic heterocycles. The summed E-state index contributed by atoms with van der Waals surface area (Å²) in [4.78, 5) is 30.6. The van der Waals surface area contributed by atoms with E-state index in [1.807, 2.05) is 61.9 Å². The molecule has 0 spiro atoms. The number of rotatable bonds is 17. The molecule has 11 nitrogen and oxygen atoms in total. The molecule has 0 aliphatic heterocycles. The molecule has 0 bridgehead atoms. The third-order valence-corrected chi connectivity index (χ3v) is 12.2. The van der Waals surface area contributed by atoms with Crippen LogP contribution < -0.4 is 10.6 Å². The Hall–Kier alpha value is -4.31. The average Bonchev–Trinajstić information content (AvgIpc) is 3.64. The van der Waals surface area contributed by atoms with E-state index in [1.54, 1.807) is 0 Å². The van der Waals surface area contributed by atoms with Gasteiger partial charge in [-0.15, -0.1) is 0 Å². The maximum absolute atomic E-state index is 13.5. The van der Waals surface area contributed by atoms with Gasteiger partial charge in [-0.05, 0) is 80.7 Å². The number of amides is 2. The van der Waals surface area contributed by atoms with E-state index in [4.69, 9.17) is 24.3 Å². The van der Waals surface area contributed by atoms with Crippen molar-refractivity contribution in [2.75, 3.05) is 26.3 Å². The molecule has 0 saturated carbocycles. The van der Waals surface area contributed by atoms with Gasteiger partial charge in [0.15, 0.2) is 5.82 Å². The number of nitrogens with one attached hydrogen (secondary N) is 2. The van der Waals surface area contributed by atoms with Crippen LogP contribution in [0.1, 0.15) is 37.6 Å². The number of fused-ring (bicyclic) bond motifs is 2. The van der Waals surface area contributed by atoms with Gasteiger partial charge in [0.05, 0.1) is 16.6 Å². The third-order valence-electron chi connectivity index (χ3n) is 8.81. The number of hydrogen-bond donors (Lipinski definition) is 2. The summed E-state index contributed by atoms with van der Waals surface area (Å²) in [5.41, 5.74) is 5.42. The summed E-state index contributed by atoms with van der Waals surface area (Å²) < 4.78 is 21.8. The Kier molecular flexibility index (Phi) is 13.2. The summed E-state index contributed by atoms with van der Waals surface area (Å²) in [6, 6.07) is 24.4. The number of hydrogen-bond acceptors (Lipinski definition) is 7. The zero-order chi connectivity index (χ0) is 39.1. The van der Waals surface area contributed by atoms with Crippen LogP contribution in [0.5, 0.6) is 0 Å². The minimum atomic E-state index is -1.31. The summed E-state index contributed by atoms with van der Waals surface area (Å²) in [5, 5.41) is 11.6. The lowest BCUT2D eigenvalue weighted by Crippen LogP contribution is -2.34. The molecule has 2 amide bonds. The van der Waals surface area contributed by atoms with Crippen LogP contribution in [0.25, 0.3) is 44.6 Å². The Bertz CT molecular complexity index is 2040. The van der Waals surface area contributed by atoms with Crippen LogP contribution in [0.4, 0.5) is 4.79 Å². The van der Waals surface area contributed by atoms with Crippen LogP contribution in [-0.4, -0.2) is 79.4 Å². The fourth-order valence-corrected chi connectivity index (χ4v) is 7.30. The molecule has 0 aliphatic rings. The van der Waals surface area contributed by atoms with Crippen LogP contribution in [0, 0.1) is 0 Å². The van der Waals surface area contributed by atoms with E-state index in [0.29, 0.717) is 56.5 Å². The highest BCUT2D eigenvalue weighted by Crippen LogP contribution is 2.33. The molecule has 0 aliphatic carbocycles. The smallest absolute Gasteiger partial charge is 0.407 e. The first-order valence-corrected chi connectivity index (χ1v) is 26.4. The van der Waals surface area contributed by atoms with Crippen molar-refractivity contribution < 1.29 is 23.8 Å². The first-order chi connectivity index (χ1) is 25.5. The van der Waals surface area contributed by atoms with Crippen molar-refractivity contribution in [2.45, 2.75) is 97.6 Å². The van der Waals surface area contributed by atoms with E-state index < -0.39 is 27.8 Å². The van der Waals surface area contributed by atoms with Crippen molar-refractivity contribution in [1.29, 1.82) is 0 Å². The molecule has 0 atom stereocenters. The molecule has 0 saturated heterocycles. The maximum atomic E-state index is 13.5. The van der Waals surface area contributed by atoms with Crippen molar-refractivity contribution in [3.63, 3.8) is 0 Å². The van der Waals surface area contributed by atoms with E-state index in [2.05, 4.69) is 84.8 Å². The number of imidazole rings is 1. The molecule has 0 unspecified atom stereocenters. The first kappa shape index (κ1) is 40.9. The maximum Gasteiger partial charge on any atom is 0.407 e. The lowest BCUT2D eigenvalue weighted by molar-refractivity contribution is 0.0527. The Morgan fingerprint density at radius 3 is 2.09 bits per heavy atom. The van der Waals surface area contributed by atoms with Crippen LogP contribution in [-0.2, 0) is 27.7 Å². The predicted octanol–water partition coefficient (Wildman–Crippen LogP) is 8.99. The van der Waals surface area contributed by atoms with Gasteiger partial charge >= 0.3 is 6.09 Å². The molecule has 54 heavy (non-hydrogen) atoms. The standard InChI is InChI=1S/C41H58N6O5Si2/c1-41(2,3)52-40(49)43-21-13-20-42-39(48)32-17-19-35-33(26-32)37(45-47(35)29-51-23-25-54(7,8)9)38-44-34-18-16-31(30-14-11-10-12-15-30)27-36(34)46(38)28-50-22-24-53(4,5)6/h10-12,14-19,26-27H,13,20-25,28-29H2,1-9H3,(H,42,48)(H,43,49).